The number of carbonyl (C=O) groups is 2. The average Bonchev–Trinajstić information content (AvgIpc) is 2.23. The maximum atomic E-state index is 12.1. The van der Waals surface area contributed by atoms with Gasteiger partial charge in [0.05, 0.1) is 5.41 Å². The van der Waals surface area contributed by atoms with Gasteiger partial charge in [0.15, 0.2) is 5.78 Å². The van der Waals surface area contributed by atoms with Gasteiger partial charge < -0.3 is 0 Å². The second kappa shape index (κ2) is 4.37. The van der Waals surface area contributed by atoms with Gasteiger partial charge in [-0.1, -0.05) is 35.0 Å². The molecular formula is C14H15BrO2. The van der Waals surface area contributed by atoms with E-state index < -0.39 is 5.41 Å². The Morgan fingerprint density at radius 1 is 1.35 bits per heavy atom. The molecule has 0 heterocycles. The lowest BCUT2D eigenvalue weighted by Gasteiger charge is -2.45. The maximum absolute atomic E-state index is 12.1. The summed E-state index contributed by atoms with van der Waals surface area (Å²) in [4.78, 5) is 23.5. The number of rotatable bonds is 3. The molecule has 0 spiro atoms. The third-order valence-corrected chi connectivity index (χ3v) is 4.02. The zero-order valence-electron chi connectivity index (χ0n) is 10.00. The van der Waals surface area contributed by atoms with E-state index in [4.69, 9.17) is 0 Å². The number of hydrogen-bond donors (Lipinski definition) is 0. The van der Waals surface area contributed by atoms with Crippen molar-refractivity contribution in [2.75, 3.05) is 0 Å². The van der Waals surface area contributed by atoms with E-state index in [9.17, 15) is 9.59 Å². The van der Waals surface area contributed by atoms with Crippen LogP contribution in [0.1, 0.15) is 32.3 Å². The van der Waals surface area contributed by atoms with Gasteiger partial charge in [-0.3, -0.25) is 9.59 Å². The van der Waals surface area contributed by atoms with Crippen molar-refractivity contribution >= 4 is 27.5 Å². The number of carbonyl (C=O) groups excluding carboxylic acids is 2. The standard InChI is InChI=1S/C14H15BrO2/c1-9-7-14(8-9,13(17)10(2)16)11-4-3-5-12(15)6-11/h3-6,9H,7-8H2,1-2H3/t9-,14+. The highest BCUT2D eigenvalue weighted by Gasteiger charge is 2.50. The molecule has 0 N–H and O–H groups in total. The Morgan fingerprint density at radius 3 is 2.47 bits per heavy atom. The molecule has 2 nitrogen and oxygen atoms in total. The van der Waals surface area contributed by atoms with Crippen LogP contribution in [0, 0.1) is 5.92 Å². The molecule has 1 aliphatic rings. The fraction of sp³-hybridized carbons (Fsp3) is 0.429. The number of Topliss-reactive ketones (excluding diaryl/α,β-unsaturated/α-hetero) is 2. The van der Waals surface area contributed by atoms with Crippen LogP contribution < -0.4 is 0 Å². The fourth-order valence-corrected chi connectivity index (χ4v) is 3.20. The maximum Gasteiger partial charge on any atom is 0.208 e. The summed E-state index contributed by atoms with van der Waals surface area (Å²) < 4.78 is 0.949. The molecule has 0 bridgehead atoms. The predicted molar refractivity (Wildman–Crippen MR) is 69.9 cm³/mol. The van der Waals surface area contributed by atoms with Crippen LogP contribution in [-0.4, -0.2) is 11.6 Å². The molecule has 90 valence electrons. The van der Waals surface area contributed by atoms with Crippen molar-refractivity contribution in [1.82, 2.24) is 0 Å². The molecule has 0 saturated heterocycles. The van der Waals surface area contributed by atoms with Crippen molar-refractivity contribution < 1.29 is 9.59 Å². The van der Waals surface area contributed by atoms with Gasteiger partial charge in [-0.05, 0) is 36.5 Å². The minimum absolute atomic E-state index is 0.242. The first-order valence-electron chi connectivity index (χ1n) is 5.77. The average molecular weight is 295 g/mol. The summed E-state index contributed by atoms with van der Waals surface area (Å²) in [6.07, 6.45) is 1.56. The summed E-state index contributed by atoms with van der Waals surface area (Å²) in [5, 5.41) is 0. The topological polar surface area (TPSA) is 34.1 Å². The molecule has 0 atom stereocenters. The van der Waals surface area contributed by atoms with Gasteiger partial charge in [-0.2, -0.15) is 0 Å². The smallest absolute Gasteiger partial charge is 0.208 e. The molecular weight excluding hydrogens is 280 g/mol. The van der Waals surface area contributed by atoms with E-state index in [0.717, 1.165) is 22.9 Å². The SMILES string of the molecule is CC(=O)C(=O)[C@]1(c2cccc(Br)c2)C[C@H](C)C1. The molecule has 2 rings (SSSR count). The van der Waals surface area contributed by atoms with Crippen LogP contribution in [0.15, 0.2) is 28.7 Å². The van der Waals surface area contributed by atoms with Crippen molar-refractivity contribution in [3.63, 3.8) is 0 Å². The van der Waals surface area contributed by atoms with Crippen molar-refractivity contribution in [3.05, 3.63) is 34.3 Å². The Kier molecular flexibility index (Phi) is 3.21. The summed E-state index contributed by atoms with van der Waals surface area (Å²) >= 11 is 3.41. The molecule has 0 aromatic heterocycles. The summed E-state index contributed by atoms with van der Waals surface area (Å²) in [5.74, 6) is -0.0668. The lowest BCUT2D eigenvalue weighted by molar-refractivity contribution is -0.142. The highest BCUT2D eigenvalue weighted by atomic mass is 79.9. The molecule has 1 aromatic rings. The first-order chi connectivity index (χ1) is 7.95. The monoisotopic (exact) mass is 294 g/mol. The molecule has 1 aliphatic carbocycles. The van der Waals surface area contributed by atoms with Gasteiger partial charge in [0.25, 0.3) is 0 Å². The first-order valence-corrected chi connectivity index (χ1v) is 6.56. The minimum atomic E-state index is -0.560. The second-order valence-corrected chi connectivity index (χ2v) is 5.91. The van der Waals surface area contributed by atoms with Crippen LogP contribution >= 0.6 is 15.9 Å². The van der Waals surface area contributed by atoms with Crippen LogP contribution in [0.5, 0.6) is 0 Å². The Labute approximate surface area is 110 Å². The molecule has 0 amide bonds. The molecule has 1 aromatic carbocycles. The number of ketones is 2. The van der Waals surface area contributed by atoms with E-state index in [1.165, 1.54) is 6.92 Å². The highest BCUT2D eigenvalue weighted by molar-refractivity contribution is 9.10. The zero-order chi connectivity index (χ0) is 12.6. The predicted octanol–water partition coefficient (Wildman–Crippen LogP) is 3.27. The fourth-order valence-electron chi connectivity index (χ4n) is 2.81. The van der Waals surface area contributed by atoms with E-state index in [2.05, 4.69) is 22.9 Å². The van der Waals surface area contributed by atoms with Crippen LogP contribution in [0.3, 0.4) is 0 Å². The number of hydrogen-bond acceptors (Lipinski definition) is 2. The Morgan fingerprint density at radius 2 is 2.00 bits per heavy atom. The van der Waals surface area contributed by atoms with Crippen molar-refractivity contribution in [2.45, 2.75) is 32.1 Å². The van der Waals surface area contributed by atoms with E-state index in [1.807, 2.05) is 24.3 Å². The van der Waals surface area contributed by atoms with Crippen molar-refractivity contribution in [2.24, 2.45) is 5.92 Å². The van der Waals surface area contributed by atoms with Gasteiger partial charge in [0, 0.05) is 11.4 Å². The highest BCUT2D eigenvalue weighted by Crippen LogP contribution is 2.48. The molecule has 1 saturated carbocycles. The summed E-state index contributed by atoms with van der Waals surface area (Å²) in [6.45, 7) is 3.48. The van der Waals surface area contributed by atoms with Gasteiger partial charge in [-0.25, -0.2) is 0 Å². The van der Waals surface area contributed by atoms with E-state index in [1.54, 1.807) is 0 Å². The van der Waals surface area contributed by atoms with Gasteiger partial charge >= 0.3 is 0 Å². The van der Waals surface area contributed by atoms with E-state index >= 15 is 0 Å². The molecule has 0 radical (unpaired) electrons. The van der Waals surface area contributed by atoms with E-state index in [0.29, 0.717) is 5.92 Å². The Balaban J connectivity index is 2.43. The van der Waals surface area contributed by atoms with Gasteiger partial charge in [0.2, 0.25) is 5.78 Å². The van der Waals surface area contributed by atoms with Gasteiger partial charge in [-0.15, -0.1) is 0 Å². The molecule has 3 heteroatoms. The summed E-state index contributed by atoms with van der Waals surface area (Å²) in [7, 11) is 0. The minimum Gasteiger partial charge on any atom is -0.291 e. The lowest BCUT2D eigenvalue weighted by atomic mass is 9.56. The van der Waals surface area contributed by atoms with Gasteiger partial charge in [0.1, 0.15) is 0 Å². The third kappa shape index (κ3) is 2.08. The molecule has 0 aliphatic heterocycles. The van der Waals surface area contributed by atoms with Crippen molar-refractivity contribution in [1.29, 1.82) is 0 Å². The Bertz CT molecular complexity index is 473. The third-order valence-electron chi connectivity index (χ3n) is 3.53. The zero-order valence-corrected chi connectivity index (χ0v) is 11.6. The lowest BCUT2D eigenvalue weighted by Crippen LogP contribution is -2.49. The second-order valence-electron chi connectivity index (χ2n) is 4.99. The quantitative estimate of drug-likeness (QED) is 0.802. The molecule has 1 fully saturated rings. The molecule has 0 unspecified atom stereocenters. The first kappa shape index (κ1) is 12.5. The number of halogens is 1. The Hall–Kier alpha value is -0.960. The van der Waals surface area contributed by atoms with Crippen molar-refractivity contribution in [3.8, 4) is 0 Å². The number of benzene rings is 1. The summed E-state index contributed by atoms with van der Waals surface area (Å²) in [6, 6.07) is 7.74. The van der Waals surface area contributed by atoms with E-state index in [-0.39, 0.29) is 11.6 Å². The van der Waals surface area contributed by atoms with Crippen LogP contribution in [-0.2, 0) is 15.0 Å². The van der Waals surface area contributed by atoms with Crippen LogP contribution in [0.2, 0.25) is 0 Å². The normalized spacial score (nSPS) is 27.4. The largest absolute Gasteiger partial charge is 0.291 e. The van der Waals surface area contributed by atoms with Crippen LogP contribution in [0.4, 0.5) is 0 Å². The molecule has 17 heavy (non-hydrogen) atoms. The summed E-state index contributed by atoms with van der Waals surface area (Å²) in [5.41, 5.74) is 0.403. The van der Waals surface area contributed by atoms with Crippen LogP contribution in [0.25, 0.3) is 0 Å².